The number of rotatable bonds is 1. The second-order valence-electron chi connectivity index (χ2n) is 2.81. The summed E-state index contributed by atoms with van der Waals surface area (Å²) in [4.78, 5) is 0. The fraction of sp³-hybridized carbons (Fsp3) is 0.200. The van der Waals surface area contributed by atoms with Gasteiger partial charge in [-0.3, -0.25) is 0 Å². The molecule has 2 nitrogen and oxygen atoms in total. The molecule has 0 unspecified atom stereocenters. The SMILES string of the molecule is N#CC(C#N)c1cccc(C(F)(F)F)c1. The molecule has 1 rings (SSSR count). The number of nitriles is 2. The van der Waals surface area contributed by atoms with Gasteiger partial charge in [-0.25, -0.2) is 0 Å². The predicted octanol–water partition coefficient (Wildman–Crippen LogP) is 2.84. The minimum Gasteiger partial charge on any atom is -0.196 e. The molecule has 0 amide bonds. The third-order valence-corrected chi connectivity index (χ3v) is 1.81. The van der Waals surface area contributed by atoms with Crippen molar-refractivity contribution in [2.75, 3.05) is 0 Å². The van der Waals surface area contributed by atoms with Crippen LogP contribution >= 0.6 is 0 Å². The smallest absolute Gasteiger partial charge is 0.196 e. The van der Waals surface area contributed by atoms with Crippen molar-refractivity contribution in [3.8, 4) is 12.1 Å². The van der Waals surface area contributed by atoms with Crippen LogP contribution in [0.3, 0.4) is 0 Å². The van der Waals surface area contributed by atoms with E-state index in [4.69, 9.17) is 10.5 Å². The van der Waals surface area contributed by atoms with Gasteiger partial charge in [-0.05, 0) is 17.7 Å². The first-order chi connectivity index (χ1) is 6.99. The molecule has 0 aromatic heterocycles. The summed E-state index contributed by atoms with van der Waals surface area (Å²) in [5, 5.41) is 17.0. The zero-order chi connectivity index (χ0) is 11.5. The van der Waals surface area contributed by atoms with Gasteiger partial charge in [0.15, 0.2) is 5.92 Å². The third-order valence-electron chi connectivity index (χ3n) is 1.81. The Balaban J connectivity index is 3.16. The minimum absolute atomic E-state index is 0.0647. The fourth-order valence-electron chi connectivity index (χ4n) is 1.07. The monoisotopic (exact) mass is 210 g/mol. The van der Waals surface area contributed by atoms with Crippen LogP contribution in [0.1, 0.15) is 17.0 Å². The highest BCUT2D eigenvalue weighted by molar-refractivity contribution is 5.35. The van der Waals surface area contributed by atoms with E-state index >= 15 is 0 Å². The molecule has 0 N–H and O–H groups in total. The Labute approximate surface area is 84.2 Å². The number of nitrogens with zero attached hydrogens (tertiary/aromatic N) is 2. The van der Waals surface area contributed by atoms with Gasteiger partial charge in [0.25, 0.3) is 0 Å². The highest BCUT2D eigenvalue weighted by Gasteiger charge is 2.30. The van der Waals surface area contributed by atoms with Gasteiger partial charge < -0.3 is 0 Å². The van der Waals surface area contributed by atoms with E-state index in [0.717, 1.165) is 12.1 Å². The van der Waals surface area contributed by atoms with Crippen LogP contribution in [-0.2, 0) is 6.18 Å². The second-order valence-corrected chi connectivity index (χ2v) is 2.81. The van der Waals surface area contributed by atoms with Crippen molar-refractivity contribution in [1.29, 1.82) is 10.5 Å². The molecule has 0 aliphatic carbocycles. The van der Waals surface area contributed by atoms with Crippen molar-refractivity contribution in [2.24, 2.45) is 0 Å². The first kappa shape index (κ1) is 11.1. The van der Waals surface area contributed by atoms with Crippen molar-refractivity contribution in [3.05, 3.63) is 35.4 Å². The summed E-state index contributed by atoms with van der Waals surface area (Å²) in [5.41, 5.74) is -0.787. The number of benzene rings is 1. The van der Waals surface area contributed by atoms with E-state index in [1.54, 1.807) is 12.1 Å². The summed E-state index contributed by atoms with van der Waals surface area (Å²) in [6.45, 7) is 0. The van der Waals surface area contributed by atoms with Gasteiger partial charge in [-0.2, -0.15) is 23.7 Å². The largest absolute Gasteiger partial charge is 0.416 e. The Morgan fingerprint density at radius 1 is 1.13 bits per heavy atom. The lowest BCUT2D eigenvalue weighted by atomic mass is 10.00. The average molecular weight is 210 g/mol. The summed E-state index contributed by atoms with van der Waals surface area (Å²) in [6.07, 6.45) is -4.45. The number of halogens is 3. The van der Waals surface area contributed by atoms with Gasteiger partial charge in [-0.15, -0.1) is 0 Å². The van der Waals surface area contributed by atoms with Crippen molar-refractivity contribution in [1.82, 2.24) is 0 Å². The zero-order valence-corrected chi connectivity index (χ0v) is 7.42. The van der Waals surface area contributed by atoms with E-state index < -0.39 is 17.7 Å². The molecule has 1 aromatic rings. The molecule has 0 fully saturated rings. The zero-order valence-electron chi connectivity index (χ0n) is 7.42. The van der Waals surface area contributed by atoms with Crippen LogP contribution in [0.5, 0.6) is 0 Å². The number of hydrogen-bond acceptors (Lipinski definition) is 2. The van der Waals surface area contributed by atoms with Gasteiger partial charge in [0.1, 0.15) is 0 Å². The van der Waals surface area contributed by atoms with Crippen LogP contribution in [0, 0.1) is 22.7 Å². The minimum atomic E-state index is -4.45. The van der Waals surface area contributed by atoms with Crippen LogP contribution in [0.4, 0.5) is 13.2 Å². The normalized spacial score (nSPS) is 10.8. The second kappa shape index (κ2) is 4.02. The summed E-state index contributed by atoms with van der Waals surface area (Å²) in [5.74, 6) is -1.16. The molecule has 0 spiro atoms. The Morgan fingerprint density at radius 2 is 1.73 bits per heavy atom. The molecular formula is C10H5F3N2. The molecule has 0 heterocycles. The molecule has 0 radical (unpaired) electrons. The van der Waals surface area contributed by atoms with Crippen LogP contribution in [0.25, 0.3) is 0 Å². The van der Waals surface area contributed by atoms with E-state index in [9.17, 15) is 13.2 Å². The Hall–Kier alpha value is -2.01. The van der Waals surface area contributed by atoms with E-state index in [1.807, 2.05) is 0 Å². The highest BCUT2D eigenvalue weighted by Crippen LogP contribution is 2.30. The number of hydrogen-bond donors (Lipinski definition) is 0. The quantitative estimate of drug-likeness (QED) is 0.715. The van der Waals surface area contributed by atoms with Crippen molar-refractivity contribution in [2.45, 2.75) is 12.1 Å². The molecule has 15 heavy (non-hydrogen) atoms. The predicted molar refractivity (Wildman–Crippen MR) is 45.4 cm³/mol. The molecule has 0 atom stereocenters. The van der Waals surface area contributed by atoms with Crippen molar-refractivity contribution < 1.29 is 13.2 Å². The third kappa shape index (κ3) is 2.47. The van der Waals surface area contributed by atoms with Crippen molar-refractivity contribution in [3.63, 3.8) is 0 Å². The first-order valence-electron chi connectivity index (χ1n) is 3.95. The molecular weight excluding hydrogens is 205 g/mol. The summed E-state index contributed by atoms with van der Waals surface area (Å²) in [7, 11) is 0. The van der Waals surface area contributed by atoms with Crippen molar-refractivity contribution >= 4 is 0 Å². The summed E-state index contributed by atoms with van der Waals surface area (Å²) < 4.78 is 36.8. The molecule has 0 saturated heterocycles. The standard InChI is InChI=1S/C10H5F3N2/c11-10(12,13)9-3-1-2-7(4-9)8(5-14)6-15/h1-4,8H. The maximum absolute atomic E-state index is 12.3. The Morgan fingerprint density at radius 3 is 2.20 bits per heavy atom. The topological polar surface area (TPSA) is 47.6 Å². The molecule has 1 aromatic carbocycles. The first-order valence-corrected chi connectivity index (χ1v) is 3.95. The Bertz CT molecular complexity index is 423. The van der Waals surface area contributed by atoms with Gasteiger partial charge in [0, 0.05) is 0 Å². The van der Waals surface area contributed by atoms with Gasteiger partial charge >= 0.3 is 6.18 Å². The summed E-state index contributed by atoms with van der Waals surface area (Å²) in [6, 6.07) is 7.46. The van der Waals surface area contributed by atoms with E-state index in [2.05, 4.69) is 0 Å². The maximum Gasteiger partial charge on any atom is 0.416 e. The van der Waals surface area contributed by atoms with Gasteiger partial charge in [0.2, 0.25) is 0 Å². The fourth-order valence-corrected chi connectivity index (χ4v) is 1.07. The summed E-state index contributed by atoms with van der Waals surface area (Å²) >= 11 is 0. The van der Waals surface area contributed by atoms with E-state index in [0.29, 0.717) is 0 Å². The van der Waals surface area contributed by atoms with E-state index in [1.165, 1.54) is 12.1 Å². The molecule has 5 heteroatoms. The lowest BCUT2D eigenvalue weighted by Gasteiger charge is -2.08. The van der Waals surface area contributed by atoms with E-state index in [-0.39, 0.29) is 5.56 Å². The molecule has 0 aliphatic rings. The Kier molecular flexibility index (Phi) is 2.96. The van der Waals surface area contributed by atoms with Crippen LogP contribution < -0.4 is 0 Å². The molecule has 0 aliphatic heterocycles. The highest BCUT2D eigenvalue weighted by atomic mass is 19.4. The van der Waals surface area contributed by atoms with Crippen LogP contribution in [-0.4, -0.2) is 0 Å². The van der Waals surface area contributed by atoms with Crippen LogP contribution in [0.15, 0.2) is 24.3 Å². The molecule has 0 saturated carbocycles. The maximum atomic E-state index is 12.3. The lowest BCUT2D eigenvalue weighted by Crippen LogP contribution is -2.06. The molecule has 76 valence electrons. The number of alkyl halides is 3. The molecule has 0 bridgehead atoms. The van der Waals surface area contributed by atoms with Crippen LogP contribution in [0.2, 0.25) is 0 Å². The van der Waals surface area contributed by atoms with Gasteiger partial charge in [0.05, 0.1) is 17.7 Å². The average Bonchev–Trinajstić information content (AvgIpc) is 2.19. The lowest BCUT2D eigenvalue weighted by molar-refractivity contribution is -0.137. The van der Waals surface area contributed by atoms with Gasteiger partial charge in [-0.1, -0.05) is 12.1 Å².